The van der Waals surface area contributed by atoms with Gasteiger partial charge in [0.05, 0.1) is 5.60 Å². The third-order valence-electron chi connectivity index (χ3n) is 2.22. The highest BCUT2D eigenvalue weighted by molar-refractivity contribution is 8.00. The molecule has 0 spiro atoms. The van der Waals surface area contributed by atoms with Crippen molar-refractivity contribution in [1.82, 2.24) is 0 Å². The minimum Gasteiger partial charge on any atom is -0.388 e. The van der Waals surface area contributed by atoms with Gasteiger partial charge in [-0.05, 0) is 11.6 Å². The number of aliphatic hydroxyl groups is 1. The second-order valence-electron chi connectivity index (χ2n) is 3.49. The van der Waals surface area contributed by atoms with E-state index in [4.69, 9.17) is 11.6 Å². The SMILES string of the molecule is OC1(Cc2ccccc2Cl)CSC1. The Morgan fingerprint density at radius 2 is 2.08 bits per heavy atom. The zero-order chi connectivity index (χ0) is 9.31. The van der Waals surface area contributed by atoms with Crippen molar-refractivity contribution < 1.29 is 5.11 Å². The fourth-order valence-electron chi connectivity index (χ4n) is 1.44. The molecule has 0 unspecified atom stereocenters. The summed E-state index contributed by atoms with van der Waals surface area (Å²) in [6, 6.07) is 7.71. The van der Waals surface area contributed by atoms with Crippen molar-refractivity contribution in [1.29, 1.82) is 0 Å². The molecule has 1 aliphatic heterocycles. The van der Waals surface area contributed by atoms with Crippen molar-refractivity contribution in [2.75, 3.05) is 11.5 Å². The first kappa shape index (κ1) is 9.38. The van der Waals surface area contributed by atoms with Gasteiger partial charge in [-0.1, -0.05) is 29.8 Å². The molecule has 0 saturated carbocycles. The molecule has 1 saturated heterocycles. The normalized spacial score (nSPS) is 19.5. The van der Waals surface area contributed by atoms with Crippen LogP contribution in [-0.2, 0) is 6.42 Å². The highest BCUT2D eigenvalue weighted by Crippen LogP contribution is 2.33. The summed E-state index contributed by atoms with van der Waals surface area (Å²) in [5.74, 6) is 1.66. The third kappa shape index (κ3) is 2.01. The Labute approximate surface area is 87.1 Å². The van der Waals surface area contributed by atoms with E-state index in [1.807, 2.05) is 24.3 Å². The van der Waals surface area contributed by atoms with Gasteiger partial charge in [-0.3, -0.25) is 0 Å². The first-order valence-corrected chi connectivity index (χ1v) is 5.76. The van der Waals surface area contributed by atoms with Gasteiger partial charge >= 0.3 is 0 Å². The molecule has 3 heteroatoms. The summed E-state index contributed by atoms with van der Waals surface area (Å²) in [5.41, 5.74) is 0.544. The number of benzene rings is 1. The standard InChI is InChI=1S/C10H11ClOS/c11-9-4-2-1-3-8(9)5-10(12)6-13-7-10/h1-4,12H,5-7H2. The predicted molar refractivity (Wildman–Crippen MR) is 57.4 cm³/mol. The monoisotopic (exact) mass is 214 g/mol. The van der Waals surface area contributed by atoms with Crippen molar-refractivity contribution >= 4 is 23.4 Å². The molecular formula is C10H11ClOS. The summed E-state index contributed by atoms with van der Waals surface area (Å²) in [6.07, 6.45) is 0.680. The van der Waals surface area contributed by atoms with Gasteiger partial charge in [-0.15, -0.1) is 0 Å². The van der Waals surface area contributed by atoms with Gasteiger partial charge in [-0.2, -0.15) is 11.8 Å². The van der Waals surface area contributed by atoms with Gasteiger partial charge in [0.15, 0.2) is 0 Å². The highest BCUT2D eigenvalue weighted by Gasteiger charge is 2.35. The lowest BCUT2D eigenvalue weighted by molar-refractivity contribution is 0.0793. The zero-order valence-corrected chi connectivity index (χ0v) is 8.74. The minimum atomic E-state index is -0.504. The fourth-order valence-corrected chi connectivity index (χ4v) is 2.52. The van der Waals surface area contributed by atoms with E-state index in [9.17, 15) is 5.11 Å². The Hall–Kier alpha value is -0.180. The molecule has 0 aromatic heterocycles. The molecule has 1 aromatic rings. The maximum Gasteiger partial charge on any atom is 0.0868 e. The molecule has 1 heterocycles. The first-order valence-electron chi connectivity index (χ1n) is 4.23. The van der Waals surface area contributed by atoms with Crippen molar-refractivity contribution in [3.05, 3.63) is 34.9 Å². The molecule has 2 rings (SSSR count). The van der Waals surface area contributed by atoms with Crippen LogP contribution in [0.3, 0.4) is 0 Å². The lowest BCUT2D eigenvalue weighted by Crippen LogP contribution is -2.45. The zero-order valence-electron chi connectivity index (χ0n) is 7.16. The molecule has 0 aliphatic carbocycles. The van der Waals surface area contributed by atoms with Crippen LogP contribution in [0.25, 0.3) is 0 Å². The predicted octanol–water partition coefficient (Wildman–Crippen LogP) is 2.36. The number of hydrogen-bond donors (Lipinski definition) is 1. The maximum atomic E-state index is 9.91. The Bertz CT molecular complexity index is 310. The van der Waals surface area contributed by atoms with E-state index < -0.39 is 5.60 Å². The van der Waals surface area contributed by atoms with Crippen molar-refractivity contribution in [2.24, 2.45) is 0 Å². The smallest absolute Gasteiger partial charge is 0.0868 e. The maximum absolute atomic E-state index is 9.91. The lowest BCUT2D eigenvalue weighted by Gasteiger charge is -2.36. The van der Waals surface area contributed by atoms with Crippen LogP contribution in [0.1, 0.15) is 5.56 Å². The first-order chi connectivity index (χ1) is 6.20. The van der Waals surface area contributed by atoms with Crippen LogP contribution in [0.2, 0.25) is 5.02 Å². The van der Waals surface area contributed by atoms with E-state index in [0.717, 1.165) is 22.1 Å². The van der Waals surface area contributed by atoms with Gasteiger partial charge in [0, 0.05) is 22.9 Å². The highest BCUT2D eigenvalue weighted by atomic mass is 35.5. The van der Waals surface area contributed by atoms with Crippen molar-refractivity contribution in [3.8, 4) is 0 Å². The van der Waals surface area contributed by atoms with E-state index >= 15 is 0 Å². The molecule has 0 amide bonds. The average Bonchev–Trinajstić information content (AvgIpc) is 2.06. The van der Waals surface area contributed by atoms with Gasteiger partial charge in [0.2, 0.25) is 0 Å². The topological polar surface area (TPSA) is 20.2 Å². The molecule has 70 valence electrons. The molecule has 1 aliphatic rings. The molecule has 1 N–H and O–H groups in total. The summed E-state index contributed by atoms with van der Waals surface area (Å²) in [4.78, 5) is 0. The van der Waals surface area contributed by atoms with Crippen LogP contribution in [0.15, 0.2) is 24.3 Å². The Balaban J connectivity index is 2.13. The quantitative estimate of drug-likeness (QED) is 0.816. The van der Waals surface area contributed by atoms with Gasteiger partial charge < -0.3 is 5.11 Å². The van der Waals surface area contributed by atoms with Gasteiger partial charge in [0.25, 0.3) is 0 Å². The van der Waals surface area contributed by atoms with E-state index in [2.05, 4.69) is 0 Å². The fraction of sp³-hybridized carbons (Fsp3) is 0.400. The Morgan fingerprint density at radius 1 is 1.38 bits per heavy atom. The Kier molecular flexibility index (Phi) is 2.54. The number of thioether (sulfide) groups is 1. The molecule has 1 fully saturated rings. The summed E-state index contributed by atoms with van der Waals surface area (Å²) in [7, 11) is 0. The van der Waals surface area contributed by atoms with Crippen LogP contribution in [0.4, 0.5) is 0 Å². The summed E-state index contributed by atoms with van der Waals surface area (Å²) in [6.45, 7) is 0. The summed E-state index contributed by atoms with van der Waals surface area (Å²) >= 11 is 7.77. The van der Waals surface area contributed by atoms with Crippen molar-refractivity contribution in [2.45, 2.75) is 12.0 Å². The molecule has 13 heavy (non-hydrogen) atoms. The van der Waals surface area contributed by atoms with Gasteiger partial charge in [-0.25, -0.2) is 0 Å². The average molecular weight is 215 g/mol. The van der Waals surface area contributed by atoms with Crippen LogP contribution in [-0.4, -0.2) is 22.2 Å². The minimum absolute atomic E-state index is 0.504. The molecule has 0 atom stereocenters. The Morgan fingerprint density at radius 3 is 2.62 bits per heavy atom. The second-order valence-corrected chi connectivity index (χ2v) is 4.88. The second kappa shape index (κ2) is 3.52. The summed E-state index contributed by atoms with van der Waals surface area (Å²) < 4.78 is 0. The number of rotatable bonds is 2. The molecule has 0 radical (unpaired) electrons. The van der Waals surface area contributed by atoms with E-state index in [1.165, 1.54) is 0 Å². The largest absolute Gasteiger partial charge is 0.388 e. The number of hydrogen-bond acceptors (Lipinski definition) is 2. The van der Waals surface area contributed by atoms with Crippen molar-refractivity contribution in [3.63, 3.8) is 0 Å². The van der Waals surface area contributed by atoms with Crippen LogP contribution in [0, 0.1) is 0 Å². The number of halogens is 1. The third-order valence-corrected chi connectivity index (χ3v) is 4.07. The van der Waals surface area contributed by atoms with Crippen LogP contribution < -0.4 is 0 Å². The summed E-state index contributed by atoms with van der Waals surface area (Å²) in [5, 5.41) is 10.7. The molecule has 1 aromatic carbocycles. The lowest BCUT2D eigenvalue weighted by atomic mass is 9.97. The van der Waals surface area contributed by atoms with Crippen LogP contribution in [0.5, 0.6) is 0 Å². The van der Waals surface area contributed by atoms with E-state index in [0.29, 0.717) is 6.42 Å². The molecular weight excluding hydrogens is 204 g/mol. The molecule has 1 nitrogen and oxygen atoms in total. The van der Waals surface area contributed by atoms with Gasteiger partial charge in [0.1, 0.15) is 0 Å². The molecule has 0 bridgehead atoms. The van der Waals surface area contributed by atoms with E-state index in [1.54, 1.807) is 11.8 Å². The van der Waals surface area contributed by atoms with Crippen LogP contribution >= 0.6 is 23.4 Å². The van der Waals surface area contributed by atoms with E-state index in [-0.39, 0.29) is 0 Å².